The molecule has 1 atom stereocenters. The summed E-state index contributed by atoms with van der Waals surface area (Å²) in [5.41, 5.74) is 9.41. The van der Waals surface area contributed by atoms with Crippen LogP contribution in [0.15, 0.2) is 164 Å². The third-order valence-corrected chi connectivity index (χ3v) is 12.0. The van der Waals surface area contributed by atoms with Gasteiger partial charge in [0.15, 0.2) is 0 Å². The molecule has 0 fully saturated rings. The molecule has 0 aromatic heterocycles. The van der Waals surface area contributed by atoms with Crippen molar-refractivity contribution in [3.63, 3.8) is 0 Å². The number of hydrogen-bond donors (Lipinski definition) is 0. The van der Waals surface area contributed by atoms with Crippen molar-refractivity contribution in [1.82, 2.24) is 0 Å². The Kier molecular flexibility index (Phi) is 5.47. The Bertz CT molecular complexity index is 2290. The Balaban J connectivity index is 1.33. The number of hydrogen-bond acceptors (Lipinski definition) is 2. The van der Waals surface area contributed by atoms with Gasteiger partial charge in [-0.25, -0.2) is 0 Å². The molecule has 2 heterocycles. The van der Waals surface area contributed by atoms with Gasteiger partial charge in [0.25, 0.3) is 0 Å². The first-order valence-corrected chi connectivity index (χ1v) is 16.6. The zero-order valence-corrected chi connectivity index (χ0v) is 24.7. The fourth-order valence-electron chi connectivity index (χ4n) is 7.07. The van der Waals surface area contributed by atoms with Gasteiger partial charge in [0.2, 0.25) is 7.29 Å². The van der Waals surface area contributed by atoms with Crippen LogP contribution in [-0.4, -0.2) is 0 Å². The molecule has 0 saturated carbocycles. The van der Waals surface area contributed by atoms with E-state index in [0.29, 0.717) is 0 Å². The molecule has 2 aliphatic rings. The SMILES string of the molecule is O=P12c3ccccc3-c3ccccc3N1c1ccc(N(c3ccccc3)c3cccc4ccccc34)cc1-c1ccccc12. The maximum absolute atomic E-state index is 15.7. The molecule has 9 rings (SSSR count). The Morgan fingerprint density at radius 2 is 1.05 bits per heavy atom. The number of fused-ring (bicyclic) bond motifs is 12. The van der Waals surface area contributed by atoms with E-state index < -0.39 is 7.29 Å². The van der Waals surface area contributed by atoms with Crippen LogP contribution in [0.3, 0.4) is 0 Å². The van der Waals surface area contributed by atoms with Crippen molar-refractivity contribution in [2.45, 2.75) is 0 Å². The van der Waals surface area contributed by atoms with E-state index >= 15 is 4.57 Å². The molecule has 0 spiro atoms. The molecule has 44 heavy (non-hydrogen) atoms. The fraction of sp³-hybridized carbons (Fsp3) is 0. The van der Waals surface area contributed by atoms with Crippen molar-refractivity contribution in [3.05, 3.63) is 164 Å². The van der Waals surface area contributed by atoms with Crippen LogP contribution >= 0.6 is 7.29 Å². The zero-order valence-electron chi connectivity index (χ0n) is 23.8. The molecule has 0 radical (unpaired) electrons. The van der Waals surface area contributed by atoms with Crippen LogP contribution in [0.5, 0.6) is 0 Å². The average Bonchev–Trinajstić information content (AvgIpc) is 3.09. The summed E-state index contributed by atoms with van der Waals surface area (Å²) < 4.78 is 17.8. The molecule has 3 nitrogen and oxygen atoms in total. The number of benzene rings is 7. The first-order valence-electron chi connectivity index (χ1n) is 14.9. The van der Waals surface area contributed by atoms with Crippen molar-refractivity contribution < 1.29 is 4.57 Å². The predicted octanol–water partition coefficient (Wildman–Crippen LogP) is 10.3. The largest absolute Gasteiger partial charge is 0.310 e. The number of nitrogens with zero attached hydrogens (tertiary/aromatic N) is 2. The zero-order chi connectivity index (χ0) is 29.3. The van der Waals surface area contributed by atoms with Crippen molar-refractivity contribution >= 4 is 57.1 Å². The summed E-state index contributed by atoms with van der Waals surface area (Å²) in [5, 5.41) is 4.15. The minimum Gasteiger partial charge on any atom is -0.310 e. The van der Waals surface area contributed by atoms with E-state index in [9.17, 15) is 0 Å². The lowest BCUT2D eigenvalue weighted by molar-refractivity contribution is 0.586. The lowest BCUT2D eigenvalue weighted by Gasteiger charge is -2.44. The highest BCUT2D eigenvalue weighted by atomic mass is 31.2. The van der Waals surface area contributed by atoms with Gasteiger partial charge in [-0.3, -0.25) is 9.24 Å². The Labute approximate surface area is 256 Å². The molecule has 0 bridgehead atoms. The van der Waals surface area contributed by atoms with Crippen molar-refractivity contribution in [2.24, 2.45) is 0 Å². The fourth-order valence-corrected chi connectivity index (χ4v) is 10.3. The Hall–Kier alpha value is -5.37. The van der Waals surface area contributed by atoms with E-state index in [1.54, 1.807) is 0 Å². The highest BCUT2D eigenvalue weighted by molar-refractivity contribution is 7.81. The summed E-state index contributed by atoms with van der Waals surface area (Å²) in [6, 6.07) is 57.0. The van der Waals surface area contributed by atoms with Gasteiger partial charge in [-0.2, -0.15) is 0 Å². The van der Waals surface area contributed by atoms with E-state index in [0.717, 1.165) is 61.3 Å². The molecule has 2 aliphatic heterocycles. The van der Waals surface area contributed by atoms with Crippen molar-refractivity contribution in [1.29, 1.82) is 0 Å². The monoisotopic (exact) mass is 582 g/mol. The minimum absolute atomic E-state index is 0.878. The highest BCUT2D eigenvalue weighted by Crippen LogP contribution is 2.66. The second kappa shape index (κ2) is 9.57. The Morgan fingerprint density at radius 1 is 0.455 bits per heavy atom. The lowest BCUT2D eigenvalue weighted by Crippen LogP contribution is -2.37. The topological polar surface area (TPSA) is 23.6 Å². The molecule has 208 valence electrons. The second-order valence-corrected chi connectivity index (χ2v) is 13.8. The van der Waals surface area contributed by atoms with Gasteiger partial charge in [0.05, 0.1) is 17.1 Å². The van der Waals surface area contributed by atoms with Crippen LogP contribution in [0, 0.1) is 0 Å². The van der Waals surface area contributed by atoms with Crippen molar-refractivity contribution in [2.75, 3.05) is 9.57 Å². The van der Waals surface area contributed by atoms with Crippen LogP contribution in [0.2, 0.25) is 0 Å². The van der Waals surface area contributed by atoms with Crippen LogP contribution < -0.4 is 20.2 Å². The van der Waals surface area contributed by atoms with Crippen LogP contribution in [-0.2, 0) is 4.57 Å². The highest BCUT2D eigenvalue weighted by Gasteiger charge is 2.47. The molecule has 7 aromatic carbocycles. The van der Waals surface area contributed by atoms with E-state index in [-0.39, 0.29) is 0 Å². The van der Waals surface area contributed by atoms with Gasteiger partial charge in [-0.1, -0.05) is 109 Å². The molecule has 0 aliphatic carbocycles. The summed E-state index contributed by atoms with van der Waals surface area (Å²) in [7, 11) is -3.23. The summed E-state index contributed by atoms with van der Waals surface area (Å²) in [6.07, 6.45) is 0. The first-order chi connectivity index (χ1) is 21.7. The van der Waals surface area contributed by atoms with Gasteiger partial charge >= 0.3 is 0 Å². The average molecular weight is 583 g/mol. The van der Waals surface area contributed by atoms with E-state index in [1.807, 2.05) is 30.3 Å². The van der Waals surface area contributed by atoms with Crippen molar-refractivity contribution in [3.8, 4) is 22.3 Å². The second-order valence-electron chi connectivity index (χ2n) is 11.3. The predicted molar refractivity (Wildman–Crippen MR) is 185 cm³/mol. The van der Waals surface area contributed by atoms with E-state index in [1.165, 1.54) is 10.8 Å². The normalized spacial score (nSPS) is 15.9. The smallest absolute Gasteiger partial charge is 0.235 e. The van der Waals surface area contributed by atoms with Crippen LogP contribution in [0.1, 0.15) is 0 Å². The van der Waals surface area contributed by atoms with Crippen LogP contribution in [0.25, 0.3) is 33.0 Å². The molecule has 0 N–H and O–H groups in total. The summed E-state index contributed by atoms with van der Waals surface area (Å²) in [6.45, 7) is 0. The molecular weight excluding hydrogens is 555 g/mol. The number of rotatable bonds is 3. The molecule has 7 aromatic rings. The maximum Gasteiger partial charge on any atom is 0.235 e. The molecular formula is C40H27N2OP. The van der Waals surface area contributed by atoms with Gasteiger partial charge < -0.3 is 4.90 Å². The molecule has 1 unspecified atom stereocenters. The summed E-state index contributed by atoms with van der Waals surface area (Å²) >= 11 is 0. The quantitative estimate of drug-likeness (QED) is 0.194. The number of para-hydroxylation sites is 2. The maximum atomic E-state index is 15.7. The summed E-state index contributed by atoms with van der Waals surface area (Å²) in [4.78, 5) is 2.33. The molecule has 0 amide bonds. The molecule has 0 saturated heterocycles. The summed E-state index contributed by atoms with van der Waals surface area (Å²) in [5.74, 6) is 0. The van der Waals surface area contributed by atoms with E-state index in [4.69, 9.17) is 0 Å². The van der Waals surface area contributed by atoms with Crippen LogP contribution in [0.4, 0.5) is 28.4 Å². The Morgan fingerprint density at radius 3 is 1.84 bits per heavy atom. The first kappa shape index (κ1) is 25.2. The third-order valence-electron chi connectivity index (χ3n) is 8.94. The number of anilines is 5. The third kappa shape index (κ3) is 3.48. The van der Waals surface area contributed by atoms with Gasteiger partial charge in [0, 0.05) is 38.5 Å². The van der Waals surface area contributed by atoms with Gasteiger partial charge in [0.1, 0.15) is 0 Å². The van der Waals surface area contributed by atoms with Gasteiger partial charge in [-0.05, 0) is 71.1 Å². The van der Waals surface area contributed by atoms with E-state index in [2.05, 4.69) is 143 Å². The standard InChI is InChI=1S/C40H27N2OP/c43-44-39-23-10-7-19-33(39)32-18-6-9-21-37(32)42(44)38-26-25-30(27-35(38)34-20-8-11-24-40(34)44)41(29-15-2-1-3-16-29)36-22-12-14-28-13-4-5-17-31(28)36/h1-27H. The molecule has 4 heteroatoms. The minimum atomic E-state index is -3.23. The lowest BCUT2D eigenvalue weighted by atomic mass is 9.98. The van der Waals surface area contributed by atoms with Gasteiger partial charge in [-0.15, -0.1) is 0 Å².